The third-order valence-electron chi connectivity index (χ3n) is 3.08. The molecule has 0 saturated carbocycles. The lowest BCUT2D eigenvalue weighted by atomic mass is 10.0. The Kier molecular flexibility index (Phi) is 4.16. The molecule has 0 radical (unpaired) electrons. The zero-order valence-electron chi connectivity index (χ0n) is 8.88. The highest BCUT2D eigenvalue weighted by atomic mass is 16.5. The van der Waals surface area contributed by atoms with E-state index in [1.807, 2.05) is 0 Å². The summed E-state index contributed by atoms with van der Waals surface area (Å²) in [5.41, 5.74) is 5.54. The zero-order chi connectivity index (χ0) is 9.73. The van der Waals surface area contributed by atoms with Gasteiger partial charge in [0.15, 0.2) is 0 Å². The second-order valence-electron chi connectivity index (χ2n) is 4.16. The molecule has 0 aromatic rings. The number of hydrogen-bond acceptors (Lipinski definition) is 3. The van der Waals surface area contributed by atoms with Crippen LogP contribution in [-0.2, 0) is 4.74 Å². The molecule has 1 aliphatic rings. The fourth-order valence-electron chi connectivity index (χ4n) is 1.69. The van der Waals surface area contributed by atoms with Crippen LogP contribution < -0.4 is 5.73 Å². The lowest BCUT2D eigenvalue weighted by Crippen LogP contribution is -2.39. The van der Waals surface area contributed by atoms with Gasteiger partial charge in [-0.05, 0) is 39.3 Å². The molecule has 0 aromatic heterocycles. The third-order valence-corrected chi connectivity index (χ3v) is 3.08. The Hall–Kier alpha value is -0.120. The summed E-state index contributed by atoms with van der Waals surface area (Å²) in [4.78, 5) is 2.49. The minimum absolute atomic E-state index is 0.122. The van der Waals surface area contributed by atoms with Gasteiger partial charge in [-0.3, -0.25) is 0 Å². The second kappa shape index (κ2) is 4.94. The van der Waals surface area contributed by atoms with Gasteiger partial charge in [-0.25, -0.2) is 0 Å². The monoisotopic (exact) mass is 186 g/mol. The molecule has 13 heavy (non-hydrogen) atoms. The van der Waals surface area contributed by atoms with Crippen molar-refractivity contribution in [2.24, 2.45) is 5.73 Å². The van der Waals surface area contributed by atoms with E-state index in [2.05, 4.69) is 11.8 Å². The Labute approximate surface area is 81.2 Å². The van der Waals surface area contributed by atoms with Gasteiger partial charge in [0.05, 0.1) is 5.60 Å². The van der Waals surface area contributed by atoms with E-state index in [-0.39, 0.29) is 5.60 Å². The number of methoxy groups -OCH3 is 1. The van der Waals surface area contributed by atoms with Gasteiger partial charge in [0.2, 0.25) is 0 Å². The highest BCUT2D eigenvalue weighted by Gasteiger charge is 2.23. The maximum absolute atomic E-state index is 5.66. The number of nitrogens with zero attached hydrogens (tertiary/aromatic N) is 1. The van der Waals surface area contributed by atoms with Crippen LogP contribution in [0.3, 0.4) is 0 Å². The summed E-state index contributed by atoms with van der Waals surface area (Å²) in [6.07, 6.45) is 3.75. The minimum atomic E-state index is -0.122. The van der Waals surface area contributed by atoms with Crippen molar-refractivity contribution in [1.82, 2.24) is 4.90 Å². The predicted molar refractivity (Wildman–Crippen MR) is 54.8 cm³/mol. The summed E-state index contributed by atoms with van der Waals surface area (Å²) in [6.45, 7) is 6.33. The summed E-state index contributed by atoms with van der Waals surface area (Å²) in [5, 5.41) is 0. The first-order valence-corrected chi connectivity index (χ1v) is 5.18. The first-order chi connectivity index (χ1) is 6.20. The summed E-state index contributed by atoms with van der Waals surface area (Å²) in [6, 6.07) is 0. The normalized spacial score (nSPS) is 23.3. The molecule has 1 unspecified atom stereocenters. The van der Waals surface area contributed by atoms with Crippen LogP contribution in [0.15, 0.2) is 0 Å². The molecular formula is C10H22N2O. The Balaban J connectivity index is 2.22. The average molecular weight is 186 g/mol. The van der Waals surface area contributed by atoms with E-state index in [0.29, 0.717) is 6.54 Å². The molecule has 1 aliphatic heterocycles. The van der Waals surface area contributed by atoms with Crippen LogP contribution in [0.25, 0.3) is 0 Å². The lowest BCUT2D eigenvalue weighted by molar-refractivity contribution is 0.000629. The molecule has 3 nitrogen and oxygen atoms in total. The summed E-state index contributed by atoms with van der Waals surface area (Å²) >= 11 is 0. The van der Waals surface area contributed by atoms with E-state index >= 15 is 0 Å². The molecular weight excluding hydrogens is 164 g/mol. The lowest BCUT2D eigenvalue weighted by Gasteiger charge is -2.28. The molecule has 0 bridgehead atoms. The van der Waals surface area contributed by atoms with Crippen LogP contribution in [0.4, 0.5) is 0 Å². The molecule has 0 spiro atoms. The maximum Gasteiger partial charge on any atom is 0.0784 e. The Bertz CT molecular complexity index is 140. The molecule has 1 fully saturated rings. The molecule has 2 N–H and O–H groups in total. The SMILES string of the molecule is COC(C)(CN)CCN1CCCC1. The second-order valence-corrected chi connectivity index (χ2v) is 4.16. The van der Waals surface area contributed by atoms with Gasteiger partial charge in [0.25, 0.3) is 0 Å². The number of hydrogen-bond donors (Lipinski definition) is 1. The fourth-order valence-corrected chi connectivity index (χ4v) is 1.69. The van der Waals surface area contributed by atoms with Crippen molar-refractivity contribution < 1.29 is 4.74 Å². The maximum atomic E-state index is 5.66. The van der Waals surface area contributed by atoms with Crippen LogP contribution in [0.1, 0.15) is 26.2 Å². The summed E-state index contributed by atoms with van der Waals surface area (Å²) < 4.78 is 5.40. The molecule has 78 valence electrons. The Morgan fingerprint density at radius 2 is 2.00 bits per heavy atom. The van der Waals surface area contributed by atoms with E-state index in [1.54, 1.807) is 7.11 Å². The third kappa shape index (κ3) is 3.25. The van der Waals surface area contributed by atoms with E-state index in [0.717, 1.165) is 13.0 Å². The van der Waals surface area contributed by atoms with Crippen molar-refractivity contribution in [1.29, 1.82) is 0 Å². The minimum Gasteiger partial charge on any atom is -0.377 e. The highest BCUT2D eigenvalue weighted by molar-refractivity contribution is 4.78. The van der Waals surface area contributed by atoms with Crippen molar-refractivity contribution in [2.45, 2.75) is 31.8 Å². The molecule has 0 aromatic carbocycles. The quantitative estimate of drug-likeness (QED) is 0.691. The van der Waals surface area contributed by atoms with Crippen LogP contribution in [-0.4, -0.2) is 43.8 Å². The number of nitrogens with two attached hydrogens (primary N) is 1. The van der Waals surface area contributed by atoms with E-state index in [4.69, 9.17) is 10.5 Å². The Morgan fingerprint density at radius 1 is 1.38 bits per heavy atom. The van der Waals surface area contributed by atoms with E-state index in [9.17, 15) is 0 Å². The van der Waals surface area contributed by atoms with Gasteiger partial charge in [0.1, 0.15) is 0 Å². The van der Waals surface area contributed by atoms with E-state index < -0.39 is 0 Å². The molecule has 0 aliphatic carbocycles. The van der Waals surface area contributed by atoms with Crippen molar-refractivity contribution >= 4 is 0 Å². The van der Waals surface area contributed by atoms with E-state index in [1.165, 1.54) is 25.9 Å². The van der Waals surface area contributed by atoms with Crippen molar-refractivity contribution in [2.75, 3.05) is 33.3 Å². The standard InChI is InChI=1S/C10H22N2O/c1-10(9-11,13-2)5-8-12-6-3-4-7-12/h3-9,11H2,1-2H3. The highest BCUT2D eigenvalue weighted by Crippen LogP contribution is 2.15. The molecule has 1 saturated heterocycles. The topological polar surface area (TPSA) is 38.5 Å². The van der Waals surface area contributed by atoms with Crippen LogP contribution in [0.5, 0.6) is 0 Å². The first-order valence-electron chi connectivity index (χ1n) is 5.18. The van der Waals surface area contributed by atoms with Gasteiger partial charge in [-0.2, -0.15) is 0 Å². The average Bonchev–Trinajstić information content (AvgIpc) is 2.67. The molecule has 1 heterocycles. The van der Waals surface area contributed by atoms with Gasteiger partial charge < -0.3 is 15.4 Å². The number of rotatable bonds is 5. The molecule has 1 rings (SSSR count). The van der Waals surface area contributed by atoms with Crippen molar-refractivity contribution in [3.63, 3.8) is 0 Å². The predicted octanol–water partition coefficient (Wildman–Crippen LogP) is 0.836. The smallest absolute Gasteiger partial charge is 0.0784 e. The fraction of sp³-hybridized carbons (Fsp3) is 1.00. The van der Waals surface area contributed by atoms with Crippen LogP contribution in [0.2, 0.25) is 0 Å². The van der Waals surface area contributed by atoms with Crippen molar-refractivity contribution in [3.05, 3.63) is 0 Å². The summed E-state index contributed by atoms with van der Waals surface area (Å²) in [5.74, 6) is 0. The van der Waals surface area contributed by atoms with Gasteiger partial charge in [-0.15, -0.1) is 0 Å². The van der Waals surface area contributed by atoms with Gasteiger partial charge in [0, 0.05) is 20.2 Å². The molecule has 3 heteroatoms. The Morgan fingerprint density at radius 3 is 2.46 bits per heavy atom. The number of ether oxygens (including phenoxy) is 1. The molecule has 0 amide bonds. The van der Waals surface area contributed by atoms with Crippen LogP contribution >= 0.6 is 0 Å². The zero-order valence-corrected chi connectivity index (χ0v) is 8.88. The van der Waals surface area contributed by atoms with Crippen LogP contribution in [0, 0.1) is 0 Å². The van der Waals surface area contributed by atoms with Gasteiger partial charge in [-0.1, -0.05) is 0 Å². The first kappa shape index (κ1) is 11.0. The molecule has 1 atom stereocenters. The number of likely N-dealkylation sites (tertiary alicyclic amines) is 1. The summed E-state index contributed by atoms with van der Waals surface area (Å²) in [7, 11) is 1.75. The van der Waals surface area contributed by atoms with Crippen molar-refractivity contribution in [3.8, 4) is 0 Å². The van der Waals surface area contributed by atoms with Gasteiger partial charge >= 0.3 is 0 Å². The largest absolute Gasteiger partial charge is 0.377 e.